The van der Waals surface area contributed by atoms with Crippen molar-refractivity contribution in [3.8, 4) is 0 Å². The average Bonchev–Trinajstić information content (AvgIpc) is 2.31. The quantitative estimate of drug-likeness (QED) is 0.446. The van der Waals surface area contributed by atoms with E-state index in [4.69, 9.17) is 0 Å². The summed E-state index contributed by atoms with van der Waals surface area (Å²) in [6, 6.07) is 11.3. The predicted molar refractivity (Wildman–Crippen MR) is 92.5 cm³/mol. The topological polar surface area (TPSA) is 0 Å². The van der Waals surface area contributed by atoms with Gasteiger partial charge in [0.05, 0.1) is 0 Å². The molecule has 0 aromatic heterocycles. The van der Waals surface area contributed by atoms with Gasteiger partial charge in [0.25, 0.3) is 0 Å². The van der Waals surface area contributed by atoms with E-state index in [9.17, 15) is 0 Å². The zero-order valence-electron chi connectivity index (χ0n) is 11.5. The zero-order valence-corrected chi connectivity index (χ0v) is 14.5. The summed E-state index contributed by atoms with van der Waals surface area (Å²) < 4.78 is -1.69. The van der Waals surface area contributed by atoms with Crippen LogP contribution in [0.5, 0.6) is 0 Å². The van der Waals surface area contributed by atoms with Crippen molar-refractivity contribution in [2.24, 2.45) is 0 Å². The Morgan fingerprint density at radius 3 is 1.59 bits per heavy atom. The van der Waals surface area contributed by atoms with Crippen LogP contribution >= 0.6 is 26.3 Å². The van der Waals surface area contributed by atoms with E-state index in [1.165, 1.54) is 37.7 Å². The fourth-order valence-electron chi connectivity index (χ4n) is 3.06. The summed E-state index contributed by atoms with van der Waals surface area (Å²) in [5.74, 6) is 0. The number of hydrogen-bond donors (Lipinski definition) is 0. The summed E-state index contributed by atoms with van der Waals surface area (Å²) in [6.45, 7) is 7.02. The molecule has 0 saturated heterocycles. The Bertz CT molecular complexity index is 314. The van der Waals surface area contributed by atoms with E-state index in [2.05, 4.69) is 73.1 Å². The first kappa shape index (κ1) is 15.4. The van der Waals surface area contributed by atoms with Crippen LogP contribution in [0, 0.1) is 0 Å². The molecule has 0 spiro atoms. The summed E-state index contributed by atoms with van der Waals surface area (Å²) in [4.78, 5) is 0. The summed E-state index contributed by atoms with van der Waals surface area (Å²) in [5.41, 5.74) is 0. The van der Waals surface area contributed by atoms with Crippen LogP contribution in [0.4, 0.5) is 0 Å². The second kappa shape index (κ2) is 6.52. The summed E-state index contributed by atoms with van der Waals surface area (Å²) in [7, 11) is 0. The van der Waals surface area contributed by atoms with Crippen molar-refractivity contribution < 1.29 is 0 Å². The molecule has 98 valence electrons. The van der Waals surface area contributed by atoms with E-state index < -0.39 is 4.25 Å². The Balaban J connectivity index is 3.23. The third-order valence-corrected chi connectivity index (χ3v) is 15.6. The first-order chi connectivity index (χ1) is 8.09. The van der Waals surface area contributed by atoms with Crippen molar-refractivity contribution >= 4 is 31.6 Å². The van der Waals surface area contributed by atoms with Crippen LogP contribution in [0.2, 0.25) is 0 Å². The van der Waals surface area contributed by atoms with Crippen molar-refractivity contribution in [2.45, 2.75) is 40.0 Å². The first-order valence-corrected chi connectivity index (χ1v) is 12.5. The van der Waals surface area contributed by atoms with Gasteiger partial charge in [0.2, 0.25) is 0 Å². The van der Waals surface area contributed by atoms with Gasteiger partial charge in [-0.2, -0.15) is 0 Å². The third-order valence-electron chi connectivity index (χ3n) is 3.61. The van der Waals surface area contributed by atoms with Crippen molar-refractivity contribution in [3.05, 3.63) is 30.3 Å². The maximum absolute atomic E-state index is 2.90. The number of halogens is 1. The predicted octanol–water partition coefficient (Wildman–Crippen LogP) is 5.45. The maximum atomic E-state index is 2.90. The SMILES string of the molecule is CCCP(I)(CCC)(CCC)c1ccccc1. The van der Waals surface area contributed by atoms with Gasteiger partial charge < -0.3 is 0 Å². The molecular weight excluding hydrogens is 338 g/mol. The number of rotatable bonds is 7. The van der Waals surface area contributed by atoms with Crippen molar-refractivity contribution in [3.63, 3.8) is 0 Å². The van der Waals surface area contributed by atoms with Gasteiger partial charge in [-0.25, -0.2) is 0 Å². The van der Waals surface area contributed by atoms with Crippen molar-refractivity contribution in [1.29, 1.82) is 0 Å². The van der Waals surface area contributed by atoms with Gasteiger partial charge in [0.1, 0.15) is 0 Å². The van der Waals surface area contributed by atoms with Gasteiger partial charge in [-0.1, -0.05) is 0 Å². The van der Waals surface area contributed by atoms with Crippen LogP contribution in [0.15, 0.2) is 30.3 Å². The standard InChI is InChI=1S/C15H26IP/c1-4-12-17(16,13-5-2,14-6-3)15-10-8-7-9-11-15/h7-11H,4-6,12-14H2,1-3H3. The Hall–Kier alpha value is 0.380. The molecule has 0 aliphatic heterocycles. The van der Waals surface area contributed by atoms with E-state index >= 15 is 0 Å². The average molecular weight is 364 g/mol. The van der Waals surface area contributed by atoms with Crippen LogP contribution in [-0.4, -0.2) is 18.5 Å². The molecule has 0 amide bonds. The van der Waals surface area contributed by atoms with Gasteiger partial charge in [-0.3, -0.25) is 0 Å². The van der Waals surface area contributed by atoms with E-state index in [-0.39, 0.29) is 0 Å². The molecule has 0 heterocycles. The molecule has 17 heavy (non-hydrogen) atoms. The molecule has 0 saturated carbocycles. The molecule has 1 rings (SSSR count). The molecule has 0 fully saturated rings. The molecule has 0 aliphatic carbocycles. The molecule has 2 heteroatoms. The normalized spacial score (nSPS) is 14.2. The summed E-state index contributed by atoms with van der Waals surface area (Å²) in [6.07, 6.45) is 8.19. The van der Waals surface area contributed by atoms with E-state index in [1.807, 2.05) is 0 Å². The first-order valence-electron chi connectivity index (χ1n) is 6.87. The molecule has 0 nitrogen and oxygen atoms in total. The van der Waals surface area contributed by atoms with Crippen LogP contribution in [-0.2, 0) is 0 Å². The molecule has 0 radical (unpaired) electrons. The molecular formula is C15H26IP. The fraction of sp³-hybridized carbons (Fsp3) is 0.600. The summed E-state index contributed by atoms with van der Waals surface area (Å²) in [5, 5.41) is 1.66. The van der Waals surface area contributed by atoms with Crippen molar-refractivity contribution in [2.75, 3.05) is 18.5 Å². The second-order valence-corrected chi connectivity index (χ2v) is 17.7. The Labute approximate surface area is 120 Å². The monoisotopic (exact) mass is 364 g/mol. The minimum absolute atomic E-state index is 1.32. The Kier molecular flexibility index (Phi) is 5.92. The zero-order chi connectivity index (χ0) is 12.8. The van der Waals surface area contributed by atoms with Crippen LogP contribution < -0.4 is 5.30 Å². The second-order valence-electron chi connectivity index (χ2n) is 5.09. The molecule has 0 atom stereocenters. The van der Waals surface area contributed by atoms with Gasteiger partial charge in [0, 0.05) is 0 Å². The molecule has 0 aliphatic rings. The van der Waals surface area contributed by atoms with Crippen LogP contribution in [0.3, 0.4) is 0 Å². The van der Waals surface area contributed by atoms with E-state index in [1.54, 1.807) is 5.30 Å². The number of benzene rings is 1. The van der Waals surface area contributed by atoms with Crippen molar-refractivity contribution in [1.82, 2.24) is 0 Å². The summed E-state index contributed by atoms with van der Waals surface area (Å²) >= 11 is 2.90. The number of hydrogen-bond acceptors (Lipinski definition) is 0. The Morgan fingerprint density at radius 2 is 1.24 bits per heavy atom. The fourth-order valence-corrected chi connectivity index (χ4v) is 13.8. The molecule has 0 bridgehead atoms. The van der Waals surface area contributed by atoms with Crippen LogP contribution in [0.25, 0.3) is 0 Å². The van der Waals surface area contributed by atoms with Gasteiger partial charge in [-0.05, 0) is 0 Å². The van der Waals surface area contributed by atoms with E-state index in [0.717, 1.165) is 0 Å². The molecule has 1 aromatic rings. The van der Waals surface area contributed by atoms with Gasteiger partial charge >= 0.3 is 120 Å². The van der Waals surface area contributed by atoms with Gasteiger partial charge in [-0.15, -0.1) is 0 Å². The van der Waals surface area contributed by atoms with Gasteiger partial charge in [0.15, 0.2) is 0 Å². The van der Waals surface area contributed by atoms with Crippen LogP contribution in [0.1, 0.15) is 40.0 Å². The molecule has 1 aromatic carbocycles. The molecule has 0 unspecified atom stereocenters. The molecule has 0 N–H and O–H groups in total. The van der Waals surface area contributed by atoms with E-state index in [0.29, 0.717) is 0 Å². The Morgan fingerprint density at radius 1 is 0.824 bits per heavy atom. The minimum atomic E-state index is -1.69. The third kappa shape index (κ3) is 3.44.